The van der Waals surface area contributed by atoms with E-state index in [9.17, 15) is 14.0 Å². The van der Waals surface area contributed by atoms with Crippen molar-refractivity contribution in [1.29, 1.82) is 0 Å². The summed E-state index contributed by atoms with van der Waals surface area (Å²) < 4.78 is 19.1. The number of rotatable bonds is 6. The van der Waals surface area contributed by atoms with E-state index in [1.54, 1.807) is 34.6 Å². The van der Waals surface area contributed by atoms with Gasteiger partial charge in [-0.1, -0.05) is 0 Å². The van der Waals surface area contributed by atoms with Crippen LogP contribution >= 0.6 is 0 Å². The van der Waals surface area contributed by atoms with Crippen LogP contribution in [0.1, 0.15) is 34.6 Å². The first-order chi connectivity index (χ1) is 10.5. The van der Waals surface area contributed by atoms with E-state index < -0.39 is 23.4 Å². The molecule has 0 rings (SSSR count). The third kappa shape index (κ3) is 7.63. The summed E-state index contributed by atoms with van der Waals surface area (Å²) >= 11 is 0. The number of carbonyl (C=O) groups excluding carboxylic acids is 2. The molecule has 0 aromatic rings. The van der Waals surface area contributed by atoms with Crippen LogP contribution in [0, 0.1) is 6.57 Å². The van der Waals surface area contributed by atoms with Gasteiger partial charge in [0.2, 0.25) is 6.54 Å². The minimum absolute atomic E-state index is 0.0821. The third-order valence-electron chi connectivity index (χ3n) is 2.94. The number of likely N-dealkylation sites (N-methyl/N-ethyl adjacent to an activating group) is 2. The highest BCUT2D eigenvalue weighted by molar-refractivity contribution is 5.91. The Morgan fingerprint density at radius 2 is 1.96 bits per heavy atom. The van der Waals surface area contributed by atoms with Crippen molar-refractivity contribution < 1.29 is 18.7 Å². The van der Waals surface area contributed by atoms with Gasteiger partial charge in [-0.2, -0.15) is 0 Å². The molecule has 0 aromatic carbocycles. The zero-order chi connectivity index (χ0) is 18.2. The monoisotopic (exact) mass is 327 g/mol. The fourth-order valence-corrected chi connectivity index (χ4v) is 1.74. The summed E-state index contributed by atoms with van der Waals surface area (Å²) in [5.41, 5.74) is -0.641. The van der Waals surface area contributed by atoms with Crippen LogP contribution in [0.15, 0.2) is 11.9 Å². The van der Waals surface area contributed by atoms with Crippen LogP contribution < -0.4 is 0 Å². The Balaban J connectivity index is 4.79. The Bertz CT molecular complexity index is 492. The molecule has 0 radical (unpaired) electrons. The second kappa shape index (κ2) is 9.13. The Morgan fingerprint density at radius 3 is 2.39 bits per heavy atom. The molecule has 0 aliphatic heterocycles. The molecule has 0 fully saturated rings. The molecular formula is C16H26FN3O3. The Labute approximate surface area is 137 Å². The van der Waals surface area contributed by atoms with Gasteiger partial charge in [0.05, 0.1) is 0 Å². The Morgan fingerprint density at radius 1 is 1.39 bits per heavy atom. The molecule has 0 aliphatic carbocycles. The van der Waals surface area contributed by atoms with Gasteiger partial charge in [-0.25, -0.2) is 15.8 Å². The van der Waals surface area contributed by atoms with Crippen LogP contribution in [0.3, 0.4) is 0 Å². The lowest BCUT2D eigenvalue weighted by atomic mass is 10.2. The summed E-state index contributed by atoms with van der Waals surface area (Å²) in [5.74, 6) is -1.72. The van der Waals surface area contributed by atoms with Crippen molar-refractivity contribution in [3.8, 4) is 0 Å². The molecule has 0 aromatic heterocycles. The molecule has 23 heavy (non-hydrogen) atoms. The molecule has 0 heterocycles. The number of hydrogen-bond acceptors (Lipinski definition) is 3. The van der Waals surface area contributed by atoms with E-state index in [0.717, 1.165) is 6.08 Å². The molecule has 1 atom stereocenters. The first-order valence-corrected chi connectivity index (χ1v) is 7.47. The topological polar surface area (TPSA) is 54.2 Å². The van der Waals surface area contributed by atoms with Gasteiger partial charge in [0.15, 0.2) is 5.83 Å². The van der Waals surface area contributed by atoms with E-state index in [2.05, 4.69) is 4.85 Å². The standard InChI is InChI=1S/C16H26FN3O3/c1-8-20(12(2)11-18-6)14(21)13(17)9-10-19(7)15(22)23-16(3,4)5/h9,12H,8,10-11H2,1-5,7H3/b13-9+/t12-/m1/s1. The first kappa shape index (κ1) is 20.9. The Hall–Kier alpha value is -2.10. The first-order valence-electron chi connectivity index (χ1n) is 7.47. The van der Waals surface area contributed by atoms with Gasteiger partial charge in [0, 0.05) is 20.1 Å². The van der Waals surface area contributed by atoms with Crippen molar-refractivity contribution in [1.82, 2.24) is 9.80 Å². The molecule has 130 valence electrons. The van der Waals surface area contributed by atoms with E-state index in [1.165, 1.54) is 16.8 Å². The van der Waals surface area contributed by atoms with Crippen molar-refractivity contribution in [3.63, 3.8) is 0 Å². The summed E-state index contributed by atoms with van der Waals surface area (Å²) in [6, 6.07) is -0.368. The largest absolute Gasteiger partial charge is 0.444 e. The highest BCUT2D eigenvalue weighted by atomic mass is 19.1. The van der Waals surface area contributed by atoms with Crippen molar-refractivity contribution in [2.75, 3.05) is 26.7 Å². The van der Waals surface area contributed by atoms with Gasteiger partial charge < -0.3 is 19.4 Å². The molecule has 0 spiro atoms. The van der Waals surface area contributed by atoms with Gasteiger partial charge in [0.1, 0.15) is 11.6 Å². The summed E-state index contributed by atoms with van der Waals surface area (Å²) in [5, 5.41) is 0. The maximum Gasteiger partial charge on any atom is 0.410 e. The normalized spacial score (nSPS) is 13.0. The summed E-state index contributed by atoms with van der Waals surface area (Å²) in [6.45, 7) is 15.8. The SMILES string of the molecule is [C-]#[N+]C[C@@H](C)N(CC)C(=O)/C(F)=C\CN(C)C(=O)OC(C)(C)C. The molecule has 0 saturated carbocycles. The van der Waals surface area contributed by atoms with Gasteiger partial charge in [0.25, 0.3) is 5.91 Å². The number of amides is 2. The predicted octanol–water partition coefficient (Wildman–Crippen LogP) is 2.86. The van der Waals surface area contributed by atoms with Crippen molar-refractivity contribution >= 4 is 12.0 Å². The lowest BCUT2D eigenvalue weighted by molar-refractivity contribution is -0.130. The minimum atomic E-state index is -0.945. The number of hydrogen-bond donors (Lipinski definition) is 0. The highest BCUT2D eigenvalue weighted by Crippen LogP contribution is 2.11. The van der Waals surface area contributed by atoms with Gasteiger partial charge >= 0.3 is 6.09 Å². The zero-order valence-corrected chi connectivity index (χ0v) is 14.7. The maximum absolute atomic E-state index is 14.0. The number of carbonyl (C=O) groups is 2. The van der Waals surface area contributed by atoms with Crippen LogP contribution in [0.2, 0.25) is 0 Å². The summed E-state index contributed by atoms with van der Waals surface area (Å²) in [6.07, 6.45) is 0.446. The van der Waals surface area contributed by atoms with Crippen LogP contribution in [-0.2, 0) is 9.53 Å². The van der Waals surface area contributed by atoms with E-state index >= 15 is 0 Å². The zero-order valence-electron chi connectivity index (χ0n) is 14.7. The fraction of sp³-hybridized carbons (Fsp3) is 0.688. The van der Waals surface area contributed by atoms with Gasteiger partial charge in [-0.15, -0.1) is 0 Å². The van der Waals surface area contributed by atoms with Crippen LogP contribution in [0.4, 0.5) is 9.18 Å². The van der Waals surface area contributed by atoms with Crippen LogP contribution in [-0.4, -0.2) is 60.1 Å². The van der Waals surface area contributed by atoms with E-state index in [-0.39, 0.29) is 19.1 Å². The predicted molar refractivity (Wildman–Crippen MR) is 86.4 cm³/mol. The van der Waals surface area contributed by atoms with E-state index in [4.69, 9.17) is 11.3 Å². The summed E-state index contributed by atoms with van der Waals surface area (Å²) in [4.78, 5) is 29.5. The number of ether oxygens (including phenoxy) is 1. The smallest absolute Gasteiger partial charge is 0.410 e. The molecule has 0 bridgehead atoms. The minimum Gasteiger partial charge on any atom is -0.444 e. The molecule has 6 nitrogen and oxygen atoms in total. The van der Waals surface area contributed by atoms with Crippen molar-refractivity contribution in [2.24, 2.45) is 0 Å². The van der Waals surface area contributed by atoms with Crippen LogP contribution in [0.25, 0.3) is 4.85 Å². The number of halogens is 1. The van der Waals surface area contributed by atoms with Gasteiger partial charge in [-0.05, 0) is 40.7 Å². The van der Waals surface area contributed by atoms with Gasteiger partial charge in [-0.3, -0.25) is 4.79 Å². The molecule has 0 saturated heterocycles. The second-order valence-electron chi connectivity index (χ2n) is 6.19. The molecule has 2 amide bonds. The van der Waals surface area contributed by atoms with Crippen LogP contribution in [0.5, 0.6) is 0 Å². The van der Waals surface area contributed by atoms with Crippen molar-refractivity contribution in [3.05, 3.63) is 23.3 Å². The van der Waals surface area contributed by atoms with E-state index in [1.807, 2.05) is 0 Å². The van der Waals surface area contributed by atoms with Crippen molar-refractivity contribution in [2.45, 2.75) is 46.3 Å². The Kier molecular flexibility index (Phi) is 8.30. The molecular weight excluding hydrogens is 301 g/mol. The summed E-state index contributed by atoms with van der Waals surface area (Å²) in [7, 11) is 1.46. The number of nitrogens with zero attached hydrogens (tertiary/aromatic N) is 3. The third-order valence-corrected chi connectivity index (χ3v) is 2.94. The quantitative estimate of drug-likeness (QED) is 0.557. The average Bonchev–Trinajstić information content (AvgIpc) is 2.43. The second-order valence-corrected chi connectivity index (χ2v) is 6.19. The lowest BCUT2D eigenvalue weighted by Gasteiger charge is -2.25. The molecule has 0 N–H and O–H groups in total. The molecule has 7 heteroatoms. The molecule has 0 unspecified atom stereocenters. The average molecular weight is 327 g/mol. The highest BCUT2D eigenvalue weighted by Gasteiger charge is 2.24. The maximum atomic E-state index is 14.0. The lowest BCUT2D eigenvalue weighted by Crippen LogP contribution is -2.40. The molecule has 0 aliphatic rings. The fourth-order valence-electron chi connectivity index (χ4n) is 1.74. The van der Waals surface area contributed by atoms with E-state index in [0.29, 0.717) is 6.54 Å².